The zero-order valence-electron chi connectivity index (χ0n) is 20.5. The number of carboxylic acid groups (broad SMARTS) is 1. The van der Waals surface area contributed by atoms with E-state index in [0.717, 1.165) is 30.0 Å². The smallest absolute Gasteiger partial charge is 0.550 e. The predicted octanol–water partition coefficient (Wildman–Crippen LogP) is -0.181. The van der Waals surface area contributed by atoms with Gasteiger partial charge in [-0.1, -0.05) is 50.1 Å². The number of rotatable bonds is 15. The summed E-state index contributed by atoms with van der Waals surface area (Å²) in [6, 6.07) is 12.3. The molecule has 0 N–H and O–H groups in total. The van der Waals surface area contributed by atoms with Crippen LogP contribution in [0.15, 0.2) is 47.4 Å². The van der Waals surface area contributed by atoms with Gasteiger partial charge >= 0.3 is 29.6 Å². The Morgan fingerprint density at radius 1 is 1.03 bits per heavy atom. The zero-order valence-corrected chi connectivity index (χ0v) is 23.3. The summed E-state index contributed by atoms with van der Waals surface area (Å²) in [5.41, 5.74) is 0. The third kappa shape index (κ3) is 9.66. The third-order valence-electron chi connectivity index (χ3n) is 5.67. The molecule has 1 atom stereocenters. The molecule has 0 spiro atoms. The Labute approximate surface area is 225 Å². The molecule has 0 aliphatic carbocycles. The second-order valence-corrected chi connectivity index (χ2v) is 10.3. The van der Waals surface area contributed by atoms with Crippen molar-refractivity contribution in [2.45, 2.75) is 50.3 Å². The average molecular weight is 500 g/mol. The number of hydrogen-bond donors (Lipinski definition) is 0. The van der Waals surface area contributed by atoms with Gasteiger partial charge in [-0.3, -0.25) is 4.79 Å². The quantitative estimate of drug-likeness (QED) is 0.249. The number of nitrogens with zero attached hydrogens (tertiary/aromatic N) is 1. The summed E-state index contributed by atoms with van der Waals surface area (Å²) >= 11 is 0. The largest absolute Gasteiger partial charge is 1.00 e. The summed E-state index contributed by atoms with van der Waals surface area (Å²) in [6.07, 6.45) is 2.92. The molecule has 2 rings (SSSR count). The summed E-state index contributed by atoms with van der Waals surface area (Å²) in [5, 5.41) is 12.8. The van der Waals surface area contributed by atoms with Crippen molar-refractivity contribution in [3.8, 4) is 0 Å². The maximum Gasteiger partial charge on any atom is 1.00 e. The van der Waals surface area contributed by atoms with Gasteiger partial charge in [0.05, 0.1) is 16.6 Å². The van der Waals surface area contributed by atoms with Gasteiger partial charge < -0.3 is 19.5 Å². The fourth-order valence-corrected chi connectivity index (χ4v) is 5.45. The number of amides is 1. The molecule has 0 aliphatic rings. The number of sulfone groups is 1. The standard InChI is InChI=1S/C25H35NO6S.Na/c1-3-4-7-15-26(16-8-17-32-2)25(29)22(12-14-24(27)28)19-33(30,31)23-13-11-20-9-5-6-10-21(20)18-23;/h5-6,9-11,13,18,22H,3-4,7-8,12,14-17,19H2,1-2H3,(H,27,28);/q;+1/p-1. The summed E-state index contributed by atoms with van der Waals surface area (Å²) in [5.74, 6) is -3.02. The molecular formula is C25H34NNaO6S. The van der Waals surface area contributed by atoms with E-state index in [9.17, 15) is 23.1 Å². The molecule has 2 aromatic rings. The number of fused-ring (bicyclic) bond motifs is 1. The van der Waals surface area contributed by atoms with E-state index in [2.05, 4.69) is 6.92 Å². The van der Waals surface area contributed by atoms with E-state index in [0.29, 0.717) is 26.1 Å². The van der Waals surface area contributed by atoms with Gasteiger partial charge in [0.1, 0.15) is 0 Å². The maximum atomic E-state index is 13.4. The summed E-state index contributed by atoms with van der Waals surface area (Å²) in [6.45, 7) is 3.50. The fourth-order valence-electron chi connectivity index (χ4n) is 3.83. The van der Waals surface area contributed by atoms with Gasteiger partial charge in [0.25, 0.3) is 0 Å². The summed E-state index contributed by atoms with van der Waals surface area (Å²) in [7, 11) is -2.23. The van der Waals surface area contributed by atoms with Crippen molar-refractivity contribution in [2.75, 3.05) is 32.6 Å². The van der Waals surface area contributed by atoms with E-state index in [1.165, 1.54) is 6.07 Å². The first-order valence-electron chi connectivity index (χ1n) is 11.5. The van der Waals surface area contributed by atoms with Crippen LogP contribution in [0.5, 0.6) is 0 Å². The van der Waals surface area contributed by atoms with Crippen LogP contribution in [0.1, 0.15) is 45.4 Å². The van der Waals surface area contributed by atoms with Crippen LogP contribution in [0.3, 0.4) is 0 Å². The second-order valence-electron chi connectivity index (χ2n) is 8.28. The minimum absolute atomic E-state index is 0. The van der Waals surface area contributed by atoms with Crippen LogP contribution >= 0.6 is 0 Å². The molecule has 1 amide bonds. The molecule has 0 saturated heterocycles. The summed E-state index contributed by atoms with van der Waals surface area (Å²) < 4.78 is 31.5. The van der Waals surface area contributed by atoms with E-state index in [1.807, 2.05) is 24.3 Å². The van der Waals surface area contributed by atoms with Gasteiger partial charge in [-0.25, -0.2) is 8.42 Å². The summed E-state index contributed by atoms with van der Waals surface area (Å²) in [4.78, 5) is 26.3. The number of carboxylic acids is 1. The number of methoxy groups -OCH3 is 1. The number of carbonyl (C=O) groups is 2. The van der Waals surface area contributed by atoms with Gasteiger partial charge in [-0.2, -0.15) is 0 Å². The fraction of sp³-hybridized carbons (Fsp3) is 0.520. The Kier molecular flexibility index (Phi) is 14.0. The van der Waals surface area contributed by atoms with E-state index < -0.39 is 27.5 Å². The number of carbonyl (C=O) groups excluding carboxylic acids is 2. The van der Waals surface area contributed by atoms with E-state index >= 15 is 0 Å². The zero-order chi connectivity index (χ0) is 24.3. The van der Waals surface area contributed by atoms with Crippen LogP contribution in [0.2, 0.25) is 0 Å². The molecule has 0 aromatic heterocycles. The number of ether oxygens (including phenoxy) is 1. The minimum Gasteiger partial charge on any atom is -0.550 e. The minimum atomic E-state index is -3.81. The van der Waals surface area contributed by atoms with E-state index in [-0.39, 0.29) is 53.2 Å². The van der Waals surface area contributed by atoms with Gasteiger partial charge in [0.2, 0.25) is 5.91 Å². The Bertz CT molecular complexity index is 1020. The van der Waals surface area contributed by atoms with Crippen molar-refractivity contribution in [1.29, 1.82) is 0 Å². The van der Waals surface area contributed by atoms with Crippen LogP contribution in [0.4, 0.5) is 0 Å². The molecular weight excluding hydrogens is 465 g/mol. The number of aliphatic carboxylic acids is 1. The molecule has 182 valence electrons. The Morgan fingerprint density at radius 2 is 1.71 bits per heavy atom. The molecule has 1 unspecified atom stereocenters. The molecule has 0 bridgehead atoms. The van der Waals surface area contributed by atoms with Gasteiger partial charge in [0, 0.05) is 32.8 Å². The predicted molar refractivity (Wildman–Crippen MR) is 126 cm³/mol. The van der Waals surface area contributed by atoms with Crippen molar-refractivity contribution >= 4 is 32.5 Å². The molecule has 9 heteroatoms. The van der Waals surface area contributed by atoms with Crippen LogP contribution in [0.25, 0.3) is 10.8 Å². The van der Waals surface area contributed by atoms with Gasteiger partial charge in [-0.15, -0.1) is 0 Å². The molecule has 2 aromatic carbocycles. The van der Waals surface area contributed by atoms with Gasteiger partial charge in [-0.05, 0) is 48.6 Å². The van der Waals surface area contributed by atoms with Crippen molar-refractivity contribution < 1.29 is 57.4 Å². The van der Waals surface area contributed by atoms with Gasteiger partial charge in [0.15, 0.2) is 9.84 Å². The first kappa shape index (κ1) is 30.6. The topological polar surface area (TPSA) is 104 Å². The van der Waals surface area contributed by atoms with Crippen LogP contribution in [-0.2, 0) is 24.2 Å². The number of unbranched alkanes of at least 4 members (excludes halogenated alkanes) is 2. The van der Waals surface area contributed by atoms with Crippen molar-refractivity contribution in [3.05, 3.63) is 42.5 Å². The molecule has 0 aliphatic heterocycles. The number of hydrogen-bond acceptors (Lipinski definition) is 6. The number of benzene rings is 2. The van der Waals surface area contributed by atoms with Crippen molar-refractivity contribution in [1.82, 2.24) is 4.90 Å². The Hall–Kier alpha value is -1.45. The maximum absolute atomic E-state index is 13.4. The second kappa shape index (κ2) is 15.5. The van der Waals surface area contributed by atoms with E-state index in [4.69, 9.17) is 4.74 Å². The molecule has 0 saturated carbocycles. The average Bonchev–Trinajstić information content (AvgIpc) is 2.80. The molecule has 0 fully saturated rings. The molecule has 0 radical (unpaired) electrons. The SMILES string of the molecule is CCCCCN(CCCOC)C(=O)C(CCC(=O)[O-])CS(=O)(=O)c1ccc2ccccc2c1.[Na+]. The van der Waals surface area contributed by atoms with Crippen molar-refractivity contribution in [2.24, 2.45) is 5.92 Å². The van der Waals surface area contributed by atoms with E-state index in [1.54, 1.807) is 24.1 Å². The molecule has 0 heterocycles. The first-order chi connectivity index (χ1) is 15.8. The molecule has 7 nitrogen and oxygen atoms in total. The monoisotopic (exact) mass is 499 g/mol. The third-order valence-corrected chi connectivity index (χ3v) is 7.48. The Morgan fingerprint density at radius 3 is 2.35 bits per heavy atom. The van der Waals surface area contributed by atoms with Crippen LogP contribution in [0, 0.1) is 5.92 Å². The Balaban J connectivity index is 0.00000578. The van der Waals surface area contributed by atoms with Crippen molar-refractivity contribution in [3.63, 3.8) is 0 Å². The molecule has 34 heavy (non-hydrogen) atoms. The van der Waals surface area contributed by atoms with Crippen LogP contribution in [-0.4, -0.2) is 57.8 Å². The normalized spacial score (nSPS) is 12.2. The first-order valence-corrected chi connectivity index (χ1v) is 13.1. The van der Waals surface area contributed by atoms with Crippen LogP contribution < -0.4 is 34.7 Å².